The molecule has 2 aromatic rings. The minimum atomic E-state index is -3.71. The van der Waals surface area contributed by atoms with E-state index in [2.05, 4.69) is 5.32 Å². The van der Waals surface area contributed by atoms with Crippen LogP contribution in [0.3, 0.4) is 0 Å². The second kappa shape index (κ2) is 12.4. The quantitative estimate of drug-likeness (QED) is 0.480. The van der Waals surface area contributed by atoms with E-state index in [0.29, 0.717) is 25.2 Å². The van der Waals surface area contributed by atoms with E-state index in [-0.39, 0.29) is 12.5 Å². The van der Waals surface area contributed by atoms with Crippen molar-refractivity contribution in [3.63, 3.8) is 0 Å². The zero-order chi connectivity index (χ0) is 24.4. The highest BCUT2D eigenvalue weighted by atomic mass is 32.2. The summed E-state index contributed by atoms with van der Waals surface area (Å²) in [6.45, 7) is 6.05. The smallest absolute Gasteiger partial charge is 0.244 e. The number of rotatable bonds is 12. The van der Waals surface area contributed by atoms with Gasteiger partial charge < -0.3 is 10.2 Å². The van der Waals surface area contributed by atoms with Crippen molar-refractivity contribution in [1.82, 2.24) is 10.2 Å². The van der Waals surface area contributed by atoms with Crippen LogP contribution >= 0.6 is 0 Å². The molecule has 0 fully saturated rings. The molecule has 0 aliphatic heterocycles. The fraction of sp³-hybridized carbons (Fsp3) is 0.440. The molecule has 0 bridgehead atoms. The highest BCUT2D eigenvalue weighted by molar-refractivity contribution is 7.92. The summed E-state index contributed by atoms with van der Waals surface area (Å²) in [5, 5.41) is 2.87. The first-order valence-electron chi connectivity index (χ1n) is 11.3. The lowest BCUT2D eigenvalue weighted by atomic mass is 10.1. The molecule has 0 aliphatic rings. The number of benzene rings is 2. The summed E-state index contributed by atoms with van der Waals surface area (Å²) < 4.78 is 26.2. The predicted molar refractivity (Wildman–Crippen MR) is 133 cm³/mol. The van der Waals surface area contributed by atoms with Crippen molar-refractivity contribution in [2.24, 2.45) is 0 Å². The Balaban J connectivity index is 2.26. The Morgan fingerprint density at radius 2 is 1.76 bits per heavy atom. The van der Waals surface area contributed by atoms with Crippen LogP contribution in [-0.4, -0.2) is 57.1 Å². The van der Waals surface area contributed by atoms with E-state index in [0.717, 1.165) is 34.5 Å². The molecule has 33 heavy (non-hydrogen) atoms. The zero-order valence-electron chi connectivity index (χ0n) is 20.0. The number of amides is 2. The molecule has 0 heterocycles. The fourth-order valence-electron chi connectivity index (χ4n) is 3.50. The fourth-order valence-corrected chi connectivity index (χ4v) is 4.34. The van der Waals surface area contributed by atoms with Crippen LogP contribution in [0.5, 0.6) is 0 Å². The lowest BCUT2D eigenvalue weighted by Crippen LogP contribution is -2.52. The minimum absolute atomic E-state index is 0.244. The summed E-state index contributed by atoms with van der Waals surface area (Å²) in [5.41, 5.74) is 2.35. The Morgan fingerprint density at radius 1 is 1.06 bits per heavy atom. The van der Waals surface area contributed by atoms with Gasteiger partial charge in [-0.25, -0.2) is 8.42 Å². The lowest BCUT2D eigenvalue weighted by molar-refractivity contribution is -0.138. The molecule has 1 unspecified atom stereocenters. The Hall–Kier alpha value is -2.87. The molecular formula is C25H35N3O4S. The SMILES string of the molecule is CCCCNC(=O)C(C)N(CCc1ccccc1)C(=O)CN(c1cccc(C)c1)S(C)(=O)=O. The van der Waals surface area contributed by atoms with Crippen LogP contribution in [0.1, 0.15) is 37.8 Å². The van der Waals surface area contributed by atoms with Gasteiger partial charge in [-0.2, -0.15) is 0 Å². The predicted octanol–water partition coefficient (Wildman–Crippen LogP) is 3.14. The van der Waals surface area contributed by atoms with Crippen molar-refractivity contribution >= 4 is 27.5 Å². The van der Waals surface area contributed by atoms with E-state index in [1.807, 2.05) is 50.2 Å². The third-order valence-electron chi connectivity index (χ3n) is 5.45. The number of unbranched alkanes of at least 4 members (excludes halogenated alkanes) is 1. The molecule has 7 nitrogen and oxygen atoms in total. The van der Waals surface area contributed by atoms with Crippen molar-refractivity contribution in [2.45, 2.75) is 46.1 Å². The molecule has 0 aliphatic carbocycles. The molecule has 180 valence electrons. The topological polar surface area (TPSA) is 86.8 Å². The molecular weight excluding hydrogens is 438 g/mol. The largest absolute Gasteiger partial charge is 0.354 e. The summed E-state index contributed by atoms with van der Waals surface area (Å²) >= 11 is 0. The molecule has 0 spiro atoms. The standard InChI is InChI=1S/C25H35N3O4S/c1-5-6-16-26-25(30)21(3)27(17-15-22-12-8-7-9-13-22)24(29)19-28(33(4,31)32)23-14-10-11-20(2)18-23/h7-14,18,21H,5-6,15-17,19H2,1-4H3,(H,26,30). The lowest BCUT2D eigenvalue weighted by Gasteiger charge is -2.31. The molecule has 8 heteroatoms. The van der Waals surface area contributed by atoms with Gasteiger partial charge in [-0.05, 0) is 49.9 Å². The number of hydrogen-bond donors (Lipinski definition) is 1. The Morgan fingerprint density at radius 3 is 2.36 bits per heavy atom. The van der Waals surface area contributed by atoms with Crippen LogP contribution in [0.2, 0.25) is 0 Å². The van der Waals surface area contributed by atoms with Crippen molar-refractivity contribution in [2.75, 3.05) is 30.2 Å². The minimum Gasteiger partial charge on any atom is -0.354 e. The van der Waals surface area contributed by atoms with Crippen LogP contribution in [0.25, 0.3) is 0 Å². The second-order valence-corrected chi connectivity index (χ2v) is 10.2. The van der Waals surface area contributed by atoms with Gasteiger partial charge in [-0.1, -0.05) is 55.8 Å². The number of aryl methyl sites for hydroxylation is 1. The Bertz CT molecular complexity index is 1020. The molecule has 1 N–H and O–H groups in total. The van der Waals surface area contributed by atoms with Crippen LogP contribution in [-0.2, 0) is 26.0 Å². The maximum absolute atomic E-state index is 13.4. The van der Waals surface area contributed by atoms with E-state index in [1.165, 1.54) is 4.90 Å². The summed E-state index contributed by atoms with van der Waals surface area (Å²) in [6, 6.07) is 16.0. The van der Waals surface area contributed by atoms with Crippen LogP contribution in [0.15, 0.2) is 54.6 Å². The Labute approximate surface area is 197 Å². The van der Waals surface area contributed by atoms with Gasteiger partial charge >= 0.3 is 0 Å². The highest BCUT2D eigenvalue weighted by Gasteiger charge is 2.29. The van der Waals surface area contributed by atoms with E-state index >= 15 is 0 Å². The Kier molecular flexibility index (Phi) is 9.91. The summed E-state index contributed by atoms with van der Waals surface area (Å²) in [4.78, 5) is 27.6. The van der Waals surface area contributed by atoms with Gasteiger partial charge in [0.1, 0.15) is 12.6 Å². The first-order valence-corrected chi connectivity index (χ1v) is 13.1. The number of sulfonamides is 1. The average Bonchev–Trinajstić information content (AvgIpc) is 2.77. The second-order valence-electron chi connectivity index (χ2n) is 8.25. The van der Waals surface area contributed by atoms with Crippen molar-refractivity contribution in [1.29, 1.82) is 0 Å². The van der Waals surface area contributed by atoms with Crippen molar-refractivity contribution in [3.05, 3.63) is 65.7 Å². The van der Waals surface area contributed by atoms with Crippen molar-refractivity contribution < 1.29 is 18.0 Å². The number of carbonyl (C=O) groups is 2. The van der Waals surface area contributed by atoms with E-state index in [9.17, 15) is 18.0 Å². The van der Waals surface area contributed by atoms with Gasteiger partial charge in [0, 0.05) is 13.1 Å². The van der Waals surface area contributed by atoms with Gasteiger partial charge in [0.15, 0.2) is 0 Å². The highest BCUT2D eigenvalue weighted by Crippen LogP contribution is 2.19. The van der Waals surface area contributed by atoms with Crippen LogP contribution < -0.4 is 9.62 Å². The maximum Gasteiger partial charge on any atom is 0.244 e. The third-order valence-corrected chi connectivity index (χ3v) is 6.59. The number of nitrogens with one attached hydrogen (secondary N) is 1. The number of hydrogen-bond acceptors (Lipinski definition) is 4. The molecule has 1 atom stereocenters. The number of carbonyl (C=O) groups excluding carboxylic acids is 2. The summed E-state index contributed by atoms with van der Waals surface area (Å²) in [5.74, 6) is -0.665. The van der Waals surface area contributed by atoms with Gasteiger partial charge in [0.2, 0.25) is 21.8 Å². The van der Waals surface area contributed by atoms with Gasteiger partial charge in [-0.3, -0.25) is 13.9 Å². The third kappa shape index (κ3) is 8.20. The monoisotopic (exact) mass is 473 g/mol. The zero-order valence-corrected chi connectivity index (χ0v) is 20.8. The van der Waals surface area contributed by atoms with Gasteiger partial charge in [0.05, 0.1) is 11.9 Å². The molecule has 0 saturated carbocycles. The first-order chi connectivity index (χ1) is 15.6. The maximum atomic E-state index is 13.4. The molecule has 0 saturated heterocycles. The van der Waals surface area contributed by atoms with Crippen molar-refractivity contribution in [3.8, 4) is 0 Å². The number of nitrogens with zero attached hydrogens (tertiary/aromatic N) is 2. The average molecular weight is 474 g/mol. The van der Waals surface area contributed by atoms with Gasteiger partial charge in [0.25, 0.3) is 0 Å². The van der Waals surface area contributed by atoms with E-state index < -0.39 is 22.0 Å². The van der Waals surface area contributed by atoms with E-state index in [1.54, 1.807) is 25.1 Å². The summed E-state index contributed by atoms with van der Waals surface area (Å²) in [6.07, 6.45) is 3.44. The number of anilines is 1. The molecule has 2 aromatic carbocycles. The van der Waals surface area contributed by atoms with Gasteiger partial charge in [-0.15, -0.1) is 0 Å². The molecule has 2 amide bonds. The molecule has 2 rings (SSSR count). The van der Waals surface area contributed by atoms with Crippen LogP contribution in [0.4, 0.5) is 5.69 Å². The normalized spacial score (nSPS) is 12.1. The van der Waals surface area contributed by atoms with Crippen LogP contribution in [0, 0.1) is 6.92 Å². The summed E-state index contributed by atoms with van der Waals surface area (Å²) in [7, 11) is -3.71. The van der Waals surface area contributed by atoms with E-state index in [4.69, 9.17) is 0 Å². The molecule has 0 radical (unpaired) electrons. The molecule has 0 aromatic heterocycles. The first kappa shape index (κ1) is 26.4.